The Kier molecular flexibility index (Phi) is 4.35. The second kappa shape index (κ2) is 5.54. The van der Waals surface area contributed by atoms with E-state index < -0.39 is 0 Å². The van der Waals surface area contributed by atoms with E-state index >= 15 is 0 Å². The van der Waals surface area contributed by atoms with Crippen molar-refractivity contribution in [1.82, 2.24) is 0 Å². The topological polar surface area (TPSA) is 26.3 Å². The highest BCUT2D eigenvalue weighted by Crippen LogP contribution is 2.10. The minimum Gasteiger partial charge on any atom is -0.459 e. The van der Waals surface area contributed by atoms with Gasteiger partial charge in [-0.15, -0.1) is 0 Å². The summed E-state index contributed by atoms with van der Waals surface area (Å²) < 4.78 is 5.31. The van der Waals surface area contributed by atoms with Crippen LogP contribution in [0.4, 0.5) is 0 Å². The molecule has 1 atom stereocenters. The minimum atomic E-state index is -0.233. The van der Waals surface area contributed by atoms with Crippen molar-refractivity contribution in [2.24, 2.45) is 5.92 Å². The summed E-state index contributed by atoms with van der Waals surface area (Å²) in [6.45, 7) is 6.17. The van der Waals surface area contributed by atoms with Crippen molar-refractivity contribution in [3.8, 4) is 0 Å². The molecule has 1 aromatic rings. The molecule has 0 aromatic heterocycles. The molecule has 2 nitrogen and oxygen atoms in total. The van der Waals surface area contributed by atoms with E-state index in [-0.39, 0.29) is 12.1 Å². The molecule has 1 aromatic carbocycles. The van der Waals surface area contributed by atoms with Crippen LogP contribution in [0.3, 0.4) is 0 Å². The second-order valence-corrected chi connectivity index (χ2v) is 4.21. The Morgan fingerprint density at radius 2 is 1.80 bits per heavy atom. The Hall–Kier alpha value is -1.31. The first-order valence-corrected chi connectivity index (χ1v) is 5.35. The molecule has 0 N–H and O–H groups in total. The van der Waals surface area contributed by atoms with Crippen LogP contribution in [0, 0.1) is 5.92 Å². The van der Waals surface area contributed by atoms with Gasteiger partial charge in [0.2, 0.25) is 0 Å². The summed E-state index contributed by atoms with van der Waals surface area (Å²) in [4.78, 5) is 11.6. The van der Waals surface area contributed by atoms with Gasteiger partial charge < -0.3 is 4.74 Å². The fraction of sp³-hybridized carbons (Fsp3) is 0.462. The third kappa shape index (κ3) is 4.15. The van der Waals surface area contributed by atoms with E-state index in [1.165, 1.54) is 0 Å². The minimum absolute atomic E-state index is 0.0160. The average Bonchev–Trinajstić information content (AvgIpc) is 2.17. The Bertz CT molecular complexity index is 304. The summed E-state index contributed by atoms with van der Waals surface area (Å²) in [6, 6.07) is 9.09. The van der Waals surface area contributed by atoms with Crippen molar-refractivity contribution >= 4 is 5.97 Å². The number of ether oxygens (including phenoxy) is 1. The molecule has 0 fully saturated rings. The normalized spacial score (nSPS) is 12.5. The molecule has 0 saturated carbocycles. The zero-order valence-electron chi connectivity index (χ0n) is 9.57. The van der Waals surface area contributed by atoms with Crippen molar-refractivity contribution < 1.29 is 9.53 Å². The van der Waals surface area contributed by atoms with Crippen LogP contribution in [0.25, 0.3) is 0 Å². The molecular weight excluding hydrogens is 188 g/mol. The molecule has 15 heavy (non-hydrogen) atoms. The van der Waals surface area contributed by atoms with Crippen molar-refractivity contribution in [3.63, 3.8) is 0 Å². The molecule has 0 amide bonds. The molecule has 1 rings (SSSR count). The zero-order valence-corrected chi connectivity index (χ0v) is 9.57. The highest BCUT2D eigenvalue weighted by Gasteiger charge is 2.12. The molecule has 0 aliphatic carbocycles. The molecule has 2 heteroatoms. The van der Waals surface area contributed by atoms with Gasteiger partial charge in [0, 0.05) is 0 Å². The lowest BCUT2D eigenvalue weighted by molar-refractivity contribution is 0.0299. The van der Waals surface area contributed by atoms with Gasteiger partial charge in [-0.05, 0) is 31.4 Å². The summed E-state index contributed by atoms with van der Waals surface area (Å²) in [5, 5.41) is 0. The quantitative estimate of drug-likeness (QED) is 0.707. The third-order valence-electron chi connectivity index (χ3n) is 2.12. The molecule has 0 saturated heterocycles. The predicted molar refractivity (Wildman–Crippen MR) is 60.8 cm³/mol. The van der Waals surface area contributed by atoms with E-state index in [9.17, 15) is 4.79 Å². The molecule has 0 unspecified atom stereocenters. The predicted octanol–water partition coefficient (Wildman–Crippen LogP) is 3.28. The Morgan fingerprint density at radius 3 is 2.33 bits per heavy atom. The number of carbonyl (C=O) groups excluding carboxylic acids is 1. The van der Waals surface area contributed by atoms with E-state index in [1.807, 2.05) is 25.1 Å². The summed E-state index contributed by atoms with van der Waals surface area (Å²) in [5.41, 5.74) is 0.619. The Balaban J connectivity index is 2.49. The van der Waals surface area contributed by atoms with Crippen LogP contribution in [-0.2, 0) is 4.74 Å². The molecule has 0 spiro atoms. The number of esters is 1. The fourth-order valence-corrected chi connectivity index (χ4v) is 1.54. The van der Waals surface area contributed by atoms with E-state index in [4.69, 9.17) is 4.74 Å². The molecule has 0 radical (unpaired) electrons. The Labute approximate surface area is 91.3 Å². The first kappa shape index (κ1) is 11.8. The highest BCUT2D eigenvalue weighted by atomic mass is 16.5. The number of hydrogen-bond donors (Lipinski definition) is 0. The van der Waals surface area contributed by atoms with Crippen molar-refractivity contribution in [3.05, 3.63) is 35.9 Å². The molecule has 0 aliphatic heterocycles. The lowest BCUT2D eigenvalue weighted by atomic mass is 10.1. The summed E-state index contributed by atoms with van der Waals surface area (Å²) in [7, 11) is 0. The van der Waals surface area contributed by atoms with Gasteiger partial charge in [0.1, 0.15) is 0 Å². The van der Waals surface area contributed by atoms with Crippen molar-refractivity contribution in [1.29, 1.82) is 0 Å². The second-order valence-electron chi connectivity index (χ2n) is 4.21. The van der Waals surface area contributed by atoms with Gasteiger partial charge in [-0.3, -0.25) is 0 Å². The standard InChI is InChI=1S/C13H18O2/c1-10(2)9-11(3)15-13(14)12-7-5-4-6-8-12/h4-8,10-11H,9H2,1-3H3/t11-/m0/s1. The first-order chi connectivity index (χ1) is 7.09. The highest BCUT2D eigenvalue weighted by molar-refractivity contribution is 5.89. The van der Waals surface area contributed by atoms with Gasteiger partial charge in [-0.2, -0.15) is 0 Å². The van der Waals surface area contributed by atoms with Gasteiger partial charge in [-0.25, -0.2) is 4.79 Å². The third-order valence-corrected chi connectivity index (χ3v) is 2.12. The van der Waals surface area contributed by atoms with Gasteiger partial charge in [0.05, 0.1) is 11.7 Å². The number of benzene rings is 1. The van der Waals surface area contributed by atoms with Crippen molar-refractivity contribution in [2.75, 3.05) is 0 Å². The number of hydrogen-bond acceptors (Lipinski definition) is 2. The fourth-order valence-electron chi connectivity index (χ4n) is 1.54. The van der Waals surface area contributed by atoms with E-state index in [2.05, 4.69) is 13.8 Å². The number of rotatable bonds is 4. The van der Waals surface area contributed by atoms with Crippen LogP contribution in [0.1, 0.15) is 37.6 Å². The van der Waals surface area contributed by atoms with Crippen LogP contribution >= 0.6 is 0 Å². The van der Waals surface area contributed by atoms with Crippen molar-refractivity contribution in [2.45, 2.75) is 33.3 Å². The summed E-state index contributed by atoms with van der Waals surface area (Å²) in [5.74, 6) is 0.312. The summed E-state index contributed by atoms with van der Waals surface area (Å²) >= 11 is 0. The maximum absolute atomic E-state index is 11.6. The maximum Gasteiger partial charge on any atom is 0.338 e. The van der Waals surface area contributed by atoms with E-state index in [1.54, 1.807) is 12.1 Å². The average molecular weight is 206 g/mol. The van der Waals surface area contributed by atoms with Crippen LogP contribution < -0.4 is 0 Å². The van der Waals surface area contributed by atoms with Gasteiger partial charge >= 0.3 is 5.97 Å². The SMILES string of the molecule is CC(C)C[C@H](C)OC(=O)c1ccccc1. The first-order valence-electron chi connectivity index (χ1n) is 5.35. The Morgan fingerprint density at radius 1 is 1.20 bits per heavy atom. The summed E-state index contributed by atoms with van der Waals surface area (Å²) in [6.07, 6.45) is 0.885. The lowest BCUT2D eigenvalue weighted by Crippen LogP contribution is -2.16. The molecular formula is C13H18O2. The lowest BCUT2D eigenvalue weighted by Gasteiger charge is -2.14. The van der Waals surface area contributed by atoms with Gasteiger partial charge in [-0.1, -0.05) is 32.0 Å². The van der Waals surface area contributed by atoms with Gasteiger partial charge in [0.15, 0.2) is 0 Å². The van der Waals surface area contributed by atoms with Crippen LogP contribution in [-0.4, -0.2) is 12.1 Å². The molecule has 0 heterocycles. The van der Waals surface area contributed by atoms with E-state index in [0.717, 1.165) is 6.42 Å². The van der Waals surface area contributed by atoms with Crippen LogP contribution in [0.2, 0.25) is 0 Å². The van der Waals surface area contributed by atoms with Crippen LogP contribution in [0.5, 0.6) is 0 Å². The smallest absolute Gasteiger partial charge is 0.338 e. The van der Waals surface area contributed by atoms with Gasteiger partial charge in [0.25, 0.3) is 0 Å². The molecule has 0 bridgehead atoms. The molecule has 0 aliphatic rings. The van der Waals surface area contributed by atoms with E-state index in [0.29, 0.717) is 11.5 Å². The molecule has 82 valence electrons. The zero-order chi connectivity index (χ0) is 11.3. The largest absolute Gasteiger partial charge is 0.459 e. The van der Waals surface area contributed by atoms with Crippen LogP contribution in [0.15, 0.2) is 30.3 Å². The monoisotopic (exact) mass is 206 g/mol. The maximum atomic E-state index is 11.6. The number of carbonyl (C=O) groups is 1.